The van der Waals surface area contributed by atoms with Crippen LogP contribution >= 0.6 is 0 Å². The van der Waals surface area contributed by atoms with E-state index in [1.54, 1.807) is 24.9 Å². The van der Waals surface area contributed by atoms with Gasteiger partial charge in [0.15, 0.2) is 14.6 Å². The smallest absolute Gasteiger partial charge is 0.244 e. The molecule has 1 amide bonds. The second-order valence-corrected chi connectivity index (χ2v) is 11.8. The Morgan fingerprint density at radius 3 is 2.32 bits per heavy atom. The summed E-state index contributed by atoms with van der Waals surface area (Å²) in [6.45, 7) is 7.90. The maximum absolute atomic E-state index is 14.0. The number of amides is 1. The Kier molecular flexibility index (Phi) is 6.42. The lowest BCUT2D eigenvalue weighted by molar-refractivity contribution is -0.133. The van der Waals surface area contributed by atoms with Crippen molar-refractivity contribution in [2.75, 3.05) is 7.05 Å². The zero-order valence-electron chi connectivity index (χ0n) is 20.6. The highest BCUT2D eigenvalue weighted by Crippen LogP contribution is 2.43. The monoisotopic (exact) mass is 479 g/mol. The first-order valence-electron chi connectivity index (χ1n) is 11.8. The van der Waals surface area contributed by atoms with Gasteiger partial charge in [-0.15, -0.1) is 0 Å². The summed E-state index contributed by atoms with van der Waals surface area (Å²) in [6.07, 6.45) is 2.17. The molecule has 1 heterocycles. The Labute approximate surface area is 202 Å². The zero-order chi connectivity index (χ0) is 24.7. The molecule has 1 aliphatic rings. The van der Waals surface area contributed by atoms with Crippen LogP contribution in [0.3, 0.4) is 0 Å². The Morgan fingerprint density at radius 1 is 1.03 bits per heavy atom. The van der Waals surface area contributed by atoms with Gasteiger partial charge in [-0.1, -0.05) is 43.2 Å². The van der Waals surface area contributed by atoms with E-state index in [0.29, 0.717) is 24.9 Å². The number of hydrogen-bond acceptors (Lipinski definition) is 4. The van der Waals surface area contributed by atoms with Crippen LogP contribution in [0.5, 0.6) is 0 Å². The first kappa shape index (κ1) is 24.2. The number of carbonyl (C=O) groups excluding carboxylic acids is 1. The van der Waals surface area contributed by atoms with Crippen LogP contribution in [0.15, 0.2) is 53.4 Å². The van der Waals surface area contributed by atoms with Gasteiger partial charge in [0, 0.05) is 24.8 Å². The number of benzene rings is 2. The van der Waals surface area contributed by atoms with Crippen molar-refractivity contribution in [2.24, 2.45) is 0 Å². The largest absolute Gasteiger partial charge is 0.340 e. The fraction of sp³-hybridized carbons (Fsp3) is 0.407. The van der Waals surface area contributed by atoms with Gasteiger partial charge in [0.25, 0.3) is 0 Å². The van der Waals surface area contributed by atoms with E-state index in [1.807, 2.05) is 67.9 Å². The normalized spacial score (nSPS) is 15.4. The van der Waals surface area contributed by atoms with Gasteiger partial charge < -0.3 is 4.90 Å². The molecular formula is C27H33N3O3S. The Hall–Kier alpha value is -2.93. The highest BCUT2D eigenvalue weighted by Gasteiger charge is 2.54. The summed E-state index contributed by atoms with van der Waals surface area (Å²) in [5.74, 6) is -0.322. The molecule has 6 nitrogen and oxygen atoms in total. The van der Waals surface area contributed by atoms with Crippen molar-refractivity contribution in [3.05, 3.63) is 76.6 Å². The fourth-order valence-electron chi connectivity index (χ4n) is 5.13. The van der Waals surface area contributed by atoms with Crippen molar-refractivity contribution >= 4 is 15.7 Å². The molecule has 0 bridgehead atoms. The maximum atomic E-state index is 14.0. The number of aromatic nitrogens is 2. The van der Waals surface area contributed by atoms with Crippen molar-refractivity contribution in [2.45, 2.75) is 69.6 Å². The van der Waals surface area contributed by atoms with Crippen LogP contribution < -0.4 is 0 Å². The van der Waals surface area contributed by atoms with Crippen LogP contribution in [-0.2, 0) is 21.2 Å². The summed E-state index contributed by atoms with van der Waals surface area (Å²) < 4.78 is 28.4. The number of hydrogen-bond donors (Lipinski definition) is 0. The third-order valence-corrected chi connectivity index (χ3v) is 9.76. The standard InChI is InChI=1S/C27H33N3O3S/c1-19-13-14-20(2)25(17-19)34(32,33)27(15-9-10-16-27)26(31)29(5)18-24-21(3)28-30(22(24)4)23-11-7-6-8-12-23/h6-8,11-14,17H,9-10,15-16,18H2,1-5H3. The molecule has 7 heteroatoms. The summed E-state index contributed by atoms with van der Waals surface area (Å²) in [6, 6.07) is 15.3. The highest BCUT2D eigenvalue weighted by atomic mass is 32.2. The predicted molar refractivity (Wildman–Crippen MR) is 134 cm³/mol. The Bertz CT molecular complexity index is 1320. The summed E-state index contributed by atoms with van der Waals surface area (Å²) in [7, 11) is -2.15. The van der Waals surface area contributed by atoms with Gasteiger partial charge in [0.2, 0.25) is 5.91 Å². The minimum Gasteiger partial charge on any atom is -0.340 e. The highest BCUT2D eigenvalue weighted by molar-refractivity contribution is 7.93. The zero-order valence-corrected chi connectivity index (χ0v) is 21.4. The van der Waals surface area contributed by atoms with Crippen LogP contribution in [0.4, 0.5) is 0 Å². The lowest BCUT2D eigenvalue weighted by Gasteiger charge is -2.32. The molecule has 0 aliphatic heterocycles. The Balaban J connectivity index is 1.69. The topological polar surface area (TPSA) is 72.3 Å². The summed E-state index contributed by atoms with van der Waals surface area (Å²) in [5, 5.41) is 4.69. The molecule has 180 valence electrons. The van der Waals surface area contributed by atoms with Gasteiger partial charge in [-0.2, -0.15) is 5.10 Å². The molecule has 1 aliphatic carbocycles. The first-order valence-corrected chi connectivity index (χ1v) is 13.2. The average molecular weight is 480 g/mol. The molecule has 3 aromatic rings. The van der Waals surface area contributed by atoms with E-state index in [1.165, 1.54) is 0 Å². The second-order valence-electron chi connectivity index (χ2n) is 9.53. The third-order valence-electron chi connectivity index (χ3n) is 7.13. The Morgan fingerprint density at radius 2 is 1.68 bits per heavy atom. The number of aryl methyl sites for hydroxylation is 3. The molecule has 0 N–H and O–H groups in total. The van der Waals surface area contributed by atoms with Crippen LogP contribution in [-0.4, -0.2) is 40.8 Å². The van der Waals surface area contributed by atoms with Crippen LogP contribution in [0.1, 0.15) is 53.8 Å². The third kappa shape index (κ3) is 3.96. The summed E-state index contributed by atoms with van der Waals surface area (Å²) >= 11 is 0. The number of carbonyl (C=O) groups is 1. The summed E-state index contributed by atoms with van der Waals surface area (Å²) in [4.78, 5) is 15.8. The minimum atomic E-state index is -3.86. The van der Waals surface area contributed by atoms with Crippen molar-refractivity contribution in [3.8, 4) is 5.69 Å². The molecule has 0 spiro atoms. The molecule has 0 saturated heterocycles. The molecular weight excluding hydrogens is 446 g/mol. The van der Waals surface area contributed by atoms with Gasteiger partial charge in [-0.25, -0.2) is 13.1 Å². The lowest BCUT2D eigenvalue weighted by atomic mass is 10.0. The average Bonchev–Trinajstić information content (AvgIpc) is 3.43. The van der Waals surface area contributed by atoms with E-state index in [0.717, 1.165) is 41.0 Å². The molecule has 1 saturated carbocycles. The van der Waals surface area contributed by atoms with Crippen molar-refractivity contribution in [1.29, 1.82) is 0 Å². The van der Waals surface area contributed by atoms with E-state index >= 15 is 0 Å². The minimum absolute atomic E-state index is 0.278. The molecule has 4 rings (SSSR count). The number of sulfone groups is 1. The lowest BCUT2D eigenvalue weighted by Crippen LogP contribution is -2.51. The SMILES string of the molecule is Cc1ccc(C)c(S(=O)(=O)C2(C(=O)N(C)Cc3c(C)nn(-c4ccccc4)c3C)CCCC2)c1. The van der Waals surface area contributed by atoms with E-state index in [4.69, 9.17) is 0 Å². The van der Waals surface area contributed by atoms with Crippen molar-refractivity contribution in [1.82, 2.24) is 14.7 Å². The van der Waals surface area contributed by atoms with E-state index in [9.17, 15) is 13.2 Å². The first-order chi connectivity index (χ1) is 16.1. The van der Waals surface area contributed by atoms with Gasteiger partial charge in [-0.05, 0) is 69.9 Å². The number of rotatable bonds is 6. The van der Waals surface area contributed by atoms with Gasteiger partial charge in [0.1, 0.15) is 0 Å². The van der Waals surface area contributed by atoms with Crippen LogP contribution in [0.25, 0.3) is 5.69 Å². The van der Waals surface area contributed by atoms with Gasteiger partial charge in [-0.3, -0.25) is 4.79 Å². The van der Waals surface area contributed by atoms with E-state index in [2.05, 4.69) is 5.10 Å². The second kappa shape index (κ2) is 9.02. The van der Waals surface area contributed by atoms with E-state index in [-0.39, 0.29) is 10.8 Å². The molecule has 0 atom stereocenters. The molecule has 0 radical (unpaired) electrons. The van der Waals surface area contributed by atoms with Gasteiger partial charge >= 0.3 is 0 Å². The molecule has 0 unspecified atom stereocenters. The fourth-order valence-corrected chi connectivity index (χ4v) is 7.60. The van der Waals surface area contributed by atoms with Crippen LogP contribution in [0.2, 0.25) is 0 Å². The maximum Gasteiger partial charge on any atom is 0.244 e. The molecule has 1 aromatic heterocycles. The number of nitrogens with zero attached hydrogens (tertiary/aromatic N) is 3. The van der Waals surface area contributed by atoms with E-state index < -0.39 is 14.6 Å². The van der Waals surface area contributed by atoms with Crippen molar-refractivity contribution < 1.29 is 13.2 Å². The molecule has 34 heavy (non-hydrogen) atoms. The molecule has 2 aromatic carbocycles. The summed E-state index contributed by atoms with van der Waals surface area (Å²) in [5.41, 5.74) is 5.23. The number of para-hydroxylation sites is 1. The van der Waals surface area contributed by atoms with Crippen molar-refractivity contribution in [3.63, 3.8) is 0 Å². The molecule has 1 fully saturated rings. The predicted octanol–water partition coefficient (Wildman–Crippen LogP) is 4.85. The van der Waals surface area contributed by atoms with Gasteiger partial charge in [0.05, 0.1) is 16.3 Å². The quantitative estimate of drug-likeness (QED) is 0.507. The van der Waals surface area contributed by atoms with Crippen LogP contribution in [0, 0.1) is 27.7 Å².